The average Bonchev–Trinajstić information content (AvgIpc) is 2.69. The van der Waals surface area contributed by atoms with Crippen molar-refractivity contribution in [3.63, 3.8) is 0 Å². The summed E-state index contributed by atoms with van der Waals surface area (Å²) in [5, 5.41) is 0. The fraction of sp³-hybridized carbons (Fsp3) is 0.364. The van der Waals surface area contributed by atoms with E-state index in [4.69, 9.17) is 4.74 Å². The lowest BCUT2D eigenvalue weighted by Gasteiger charge is -2.42. The minimum atomic E-state index is -1.18. The van der Waals surface area contributed by atoms with Gasteiger partial charge in [0.05, 0.1) is 29.6 Å². The van der Waals surface area contributed by atoms with Gasteiger partial charge in [0.1, 0.15) is 0 Å². The first-order valence-corrected chi connectivity index (χ1v) is 9.63. The molecule has 7 heteroatoms. The zero-order valence-corrected chi connectivity index (χ0v) is 17.0. The Morgan fingerprint density at radius 2 is 1.76 bits per heavy atom. The molecule has 154 valence electrons. The molecule has 0 N–H and O–H groups in total. The van der Waals surface area contributed by atoms with Crippen LogP contribution >= 0.6 is 0 Å². The molecule has 2 aromatic rings. The van der Waals surface area contributed by atoms with Gasteiger partial charge in [-0.05, 0) is 62.6 Å². The topological polar surface area (TPSA) is 49.9 Å². The van der Waals surface area contributed by atoms with Crippen molar-refractivity contribution in [3.05, 3.63) is 58.7 Å². The number of nitrogens with zero attached hydrogens (tertiary/aromatic N) is 2. The maximum absolute atomic E-state index is 14.3. The SMILES string of the molecule is CCOC(=O)N1c2cc(C)c(C)cc2N(C(=O)c2cccc(F)c2F)CC1CC. The van der Waals surface area contributed by atoms with E-state index in [-0.39, 0.29) is 24.8 Å². The molecule has 5 nitrogen and oxygen atoms in total. The van der Waals surface area contributed by atoms with Gasteiger partial charge in [0, 0.05) is 6.54 Å². The Balaban J connectivity index is 2.15. The molecule has 29 heavy (non-hydrogen) atoms. The van der Waals surface area contributed by atoms with Gasteiger partial charge in [-0.25, -0.2) is 13.6 Å². The van der Waals surface area contributed by atoms with E-state index in [9.17, 15) is 18.4 Å². The van der Waals surface area contributed by atoms with Gasteiger partial charge in [0.25, 0.3) is 5.91 Å². The van der Waals surface area contributed by atoms with E-state index in [0.717, 1.165) is 17.2 Å². The molecule has 0 bridgehead atoms. The second-order valence-corrected chi connectivity index (χ2v) is 7.07. The number of halogens is 2. The molecule has 2 aromatic carbocycles. The summed E-state index contributed by atoms with van der Waals surface area (Å²) in [6.45, 7) is 7.80. The predicted molar refractivity (Wildman–Crippen MR) is 108 cm³/mol. The summed E-state index contributed by atoms with van der Waals surface area (Å²) in [5.74, 6) is -2.90. The van der Waals surface area contributed by atoms with Crippen molar-refractivity contribution in [2.75, 3.05) is 23.0 Å². The van der Waals surface area contributed by atoms with Crippen molar-refractivity contribution in [2.45, 2.75) is 40.2 Å². The summed E-state index contributed by atoms with van der Waals surface area (Å²) in [7, 11) is 0. The molecular weight excluding hydrogens is 378 g/mol. The van der Waals surface area contributed by atoms with Crippen molar-refractivity contribution >= 4 is 23.4 Å². The van der Waals surface area contributed by atoms with Crippen molar-refractivity contribution in [1.82, 2.24) is 0 Å². The maximum Gasteiger partial charge on any atom is 0.414 e. The Bertz CT molecular complexity index is 961. The van der Waals surface area contributed by atoms with Crippen molar-refractivity contribution in [2.24, 2.45) is 0 Å². The Labute approximate surface area is 168 Å². The molecule has 0 fully saturated rings. The summed E-state index contributed by atoms with van der Waals surface area (Å²) in [6, 6.07) is 6.80. The number of hydrogen-bond donors (Lipinski definition) is 0. The molecule has 1 heterocycles. The third kappa shape index (κ3) is 3.69. The molecule has 3 rings (SSSR count). The number of amides is 2. The van der Waals surface area contributed by atoms with E-state index in [0.29, 0.717) is 17.8 Å². The maximum atomic E-state index is 14.3. The van der Waals surface area contributed by atoms with Gasteiger partial charge in [0.2, 0.25) is 0 Å². The standard InChI is InChI=1S/C22H24F2N2O3/c1-5-15-12-25(21(27)16-8-7-9-17(23)20(16)24)18-10-13(3)14(4)11-19(18)26(15)22(28)29-6-2/h7-11,15H,5-6,12H2,1-4H3. The van der Waals surface area contributed by atoms with Crippen LogP contribution in [0.1, 0.15) is 41.8 Å². The summed E-state index contributed by atoms with van der Waals surface area (Å²) >= 11 is 0. The molecule has 2 amide bonds. The first-order valence-electron chi connectivity index (χ1n) is 9.63. The van der Waals surface area contributed by atoms with E-state index in [2.05, 4.69) is 0 Å². The normalized spacial score (nSPS) is 15.9. The lowest BCUT2D eigenvalue weighted by atomic mass is 9.99. The monoisotopic (exact) mass is 402 g/mol. The van der Waals surface area contributed by atoms with Crippen LogP contribution in [0.3, 0.4) is 0 Å². The van der Waals surface area contributed by atoms with Crippen LogP contribution in [0, 0.1) is 25.5 Å². The molecule has 0 saturated heterocycles. The summed E-state index contributed by atoms with van der Waals surface area (Å²) < 4.78 is 33.2. The van der Waals surface area contributed by atoms with E-state index >= 15 is 0 Å². The van der Waals surface area contributed by atoms with E-state index in [1.165, 1.54) is 17.0 Å². The molecular formula is C22H24F2N2O3. The summed E-state index contributed by atoms with van der Waals surface area (Å²) in [5.41, 5.74) is 2.52. The minimum Gasteiger partial charge on any atom is -0.449 e. The Morgan fingerprint density at radius 3 is 2.38 bits per heavy atom. The average molecular weight is 402 g/mol. The number of carbonyl (C=O) groups is 2. The molecule has 1 aliphatic rings. The Morgan fingerprint density at radius 1 is 1.10 bits per heavy atom. The quantitative estimate of drug-likeness (QED) is 0.727. The fourth-order valence-electron chi connectivity index (χ4n) is 3.54. The Kier molecular flexibility index (Phi) is 5.86. The van der Waals surface area contributed by atoms with Gasteiger partial charge in [0.15, 0.2) is 11.6 Å². The van der Waals surface area contributed by atoms with Crippen molar-refractivity contribution in [1.29, 1.82) is 0 Å². The second kappa shape index (κ2) is 8.19. The lowest BCUT2D eigenvalue weighted by molar-refractivity contribution is 0.0976. The van der Waals surface area contributed by atoms with Gasteiger partial charge in [-0.3, -0.25) is 9.69 Å². The highest BCUT2D eigenvalue weighted by Gasteiger charge is 2.38. The number of hydrogen-bond acceptors (Lipinski definition) is 3. The number of anilines is 2. The van der Waals surface area contributed by atoms with Gasteiger partial charge in [-0.15, -0.1) is 0 Å². The van der Waals surface area contributed by atoms with Crippen LogP contribution in [0.2, 0.25) is 0 Å². The van der Waals surface area contributed by atoms with Gasteiger partial charge < -0.3 is 9.64 Å². The van der Waals surface area contributed by atoms with E-state index in [1.807, 2.05) is 26.8 Å². The van der Waals surface area contributed by atoms with Crippen LogP contribution in [-0.4, -0.2) is 31.2 Å². The number of carbonyl (C=O) groups excluding carboxylic acids is 2. The largest absolute Gasteiger partial charge is 0.449 e. The molecule has 0 aromatic heterocycles. The van der Waals surface area contributed by atoms with Gasteiger partial charge >= 0.3 is 6.09 Å². The highest BCUT2D eigenvalue weighted by atomic mass is 19.2. The first kappa shape index (κ1) is 20.8. The molecule has 1 unspecified atom stereocenters. The third-order valence-corrected chi connectivity index (χ3v) is 5.26. The van der Waals surface area contributed by atoms with Crippen LogP contribution < -0.4 is 9.80 Å². The summed E-state index contributed by atoms with van der Waals surface area (Å²) in [4.78, 5) is 28.8. The fourth-order valence-corrected chi connectivity index (χ4v) is 3.54. The highest BCUT2D eigenvalue weighted by molar-refractivity contribution is 6.10. The highest BCUT2D eigenvalue weighted by Crippen LogP contribution is 2.39. The number of benzene rings is 2. The van der Waals surface area contributed by atoms with Crippen molar-refractivity contribution < 1.29 is 23.1 Å². The van der Waals surface area contributed by atoms with Crippen LogP contribution in [-0.2, 0) is 4.74 Å². The number of rotatable bonds is 3. The molecule has 1 atom stereocenters. The number of aryl methyl sites for hydroxylation is 2. The lowest BCUT2D eigenvalue weighted by Crippen LogP contribution is -2.53. The van der Waals surface area contributed by atoms with Crippen LogP contribution in [0.25, 0.3) is 0 Å². The van der Waals surface area contributed by atoms with E-state index in [1.54, 1.807) is 17.9 Å². The second-order valence-electron chi connectivity index (χ2n) is 7.07. The smallest absolute Gasteiger partial charge is 0.414 e. The van der Waals surface area contributed by atoms with Gasteiger partial charge in [-0.2, -0.15) is 0 Å². The third-order valence-electron chi connectivity index (χ3n) is 5.26. The minimum absolute atomic E-state index is 0.152. The molecule has 0 saturated carbocycles. The van der Waals surface area contributed by atoms with Gasteiger partial charge in [-0.1, -0.05) is 13.0 Å². The molecule has 1 aliphatic heterocycles. The zero-order valence-electron chi connectivity index (χ0n) is 17.0. The number of fused-ring (bicyclic) bond motifs is 1. The molecule has 0 aliphatic carbocycles. The zero-order chi connectivity index (χ0) is 21.3. The Hall–Kier alpha value is -2.96. The van der Waals surface area contributed by atoms with Crippen LogP contribution in [0.4, 0.5) is 25.0 Å². The molecule has 0 spiro atoms. The predicted octanol–water partition coefficient (Wildman–Crippen LogP) is 4.98. The van der Waals surface area contributed by atoms with Crippen LogP contribution in [0.15, 0.2) is 30.3 Å². The van der Waals surface area contributed by atoms with Crippen LogP contribution in [0.5, 0.6) is 0 Å². The first-order chi connectivity index (χ1) is 13.8. The number of ether oxygens (including phenoxy) is 1. The van der Waals surface area contributed by atoms with E-state index < -0.39 is 23.6 Å². The molecule has 0 radical (unpaired) electrons. The van der Waals surface area contributed by atoms with Crippen molar-refractivity contribution in [3.8, 4) is 0 Å². The summed E-state index contributed by atoms with van der Waals surface area (Å²) in [6.07, 6.45) is 0.0634.